The molecule has 6 heteroatoms. The molecule has 0 atom stereocenters. The fourth-order valence-corrected chi connectivity index (χ4v) is 1.94. The monoisotopic (exact) mass is 311 g/mol. The maximum atomic E-state index is 6.06. The molecule has 20 heavy (non-hydrogen) atoms. The van der Waals surface area contributed by atoms with Crippen LogP contribution in [-0.2, 0) is 6.54 Å². The van der Waals surface area contributed by atoms with Gasteiger partial charge in [0.25, 0.3) is 0 Å². The lowest BCUT2D eigenvalue weighted by Gasteiger charge is -2.09. The molecule has 1 N–H and O–H groups in total. The summed E-state index contributed by atoms with van der Waals surface area (Å²) < 4.78 is 5.57. The quantitative estimate of drug-likeness (QED) is 0.906. The van der Waals surface area contributed by atoms with Crippen molar-refractivity contribution in [3.05, 3.63) is 45.7 Å². The Hall–Kier alpha value is -1.36. The average molecular weight is 312 g/mol. The molecule has 1 aromatic heterocycles. The highest BCUT2D eigenvalue weighted by Gasteiger charge is 2.09. The highest BCUT2D eigenvalue weighted by atomic mass is 35.5. The zero-order chi connectivity index (χ0) is 14.5. The van der Waals surface area contributed by atoms with Gasteiger partial charge in [-0.3, -0.25) is 0 Å². The molecule has 0 aliphatic heterocycles. The molecule has 1 aromatic carbocycles. The van der Waals surface area contributed by atoms with Crippen LogP contribution in [0, 0.1) is 6.92 Å². The van der Waals surface area contributed by atoms with Gasteiger partial charge in [-0.25, -0.2) is 4.98 Å². The van der Waals surface area contributed by atoms with Crippen molar-refractivity contribution in [2.24, 2.45) is 0 Å². The number of aromatic nitrogens is 2. The summed E-state index contributed by atoms with van der Waals surface area (Å²) in [5.74, 6) is 0.443. The second kappa shape index (κ2) is 6.88. The molecule has 106 valence electrons. The number of nitrogens with zero attached hydrogens (tertiary/aromatic N) is 2. The van der Waals surface area contributed by atoms with E-state index in [0.717, 1.165) is 24.3 Å². The zero-order valence-electron chi connectivity index (χ0n) is 11.3. The number of ether oxygens (including phenoxy) is 1. The first kappa shape index (κ1) is 15.0. The molecule has 0 fully saturated rings. The van der Waals surface area contributed by atoms with Crippen molar-refractivity contribution in [1.29, 1.82) is 0 Å². The third-order valence-corrected chi connectivity index (χ3v) is 3.54. The predicted octanol–water partition coefficient (Wildman–Crippen LogP) is 3.99. The molecule has 0 radical (unpaired) electrons. The first-order valence-electron chi connectivity index (χ1n) is 6.27. The summed E-state index contributed by atoms with van der Waals surface area (Å²) in [6, 6.07) is 5.43. The van der Waals surface area contributed by atoms with Gasteiger partial charge in [-0.1, -0.05) is 36.2 Å². The smallest absolute Gasteiger partial charge is 0.322 e. The number of hydrogen-bond acceptors (Lipinski definition) is 4. The van der Waals surface area contributed by atoms with Gasteiger partial charge in [0, 0.05) is 24.0 Å². The Morgan fingerprint density at radius 1 is 1.30 bits per heavy atom. The van der Waals surface area contributed by atoms with E-state index in [1.807, 2.05) is 6.92 Å². The van der Waals surface area contributed by atoms with Gasteiger partial charge in [0.15, 0.2) is 5.75 Å². The summed E-state index contributed by atoms with van der Waals surface area (Å²) in [5.41, 5.74) is 1.91. The SMILES string of the molecule is CCNCc1cnc(Oc2cccc(Cl)c2Cl)nc1C. The molecule has 0 saturated heterocycles. The molecule has 0 saturated carbocycles. The molecule has 0 aliphatic rings. The second-order valence-electron chi connectivity index (χ2n) is 4.20. The van der Waals surface area contributed by atoms with Gasteiger partial charge in [0.1, 0.15) is 5.02 Å². The third kappa shape index (κ3) is 3.60. The Bertz CT molecular complexity index is 605. The Labute approximate surface area is 128 Å². The third-order valence-electron chi connectivity index (χ3n) is 2.74. The molecule has 0 unspecified atom stereocenters. The van der Waals surface area contributed by atoms with E-state index in [2.05, 4.69) is 22.2 Å². The van der Waals surface area contributed by atoms with Crippen molar-refractivity contribution < 1.29 is 4.74 Å². The Morgan fingerprint density at radius 3 is 2.80 bits per heavy atom. The summed E-state index contributed by atoms with van der Waals surface area (Å²) in [4.78, 5) is 8.50. The predicted molar refractivity (Wildman–Crippen MR) is 80.7 cm³/mol. The standard InChI is InChI=1S/C14H15Cl2N3O/c1-3-17-7-10-8-18-14(19-9(10)2)20-12-6-4-5-11(15)13(12)16/h4-6,8,17H,3,7H2,1-2H3. The van der Waals surface area contributed by atoms with E-state index in [9.17, 15) is 0 Å². The van der Waals surface area contributed by atoms with Crippen LogP contribution in [0.3, 0.4) is 0 Å². The fourth-order valence-electron chi connectivity index (χ4n) is 1.61. The minimum atomic E-state index is 0.256. The van der Waals surface area contributed by atoms with Crippen LogP contribution in [0.1, 0.15) is 18.2 Å². The fraction of sp³-hybridized carbons (Fsp3) is 0.286. The first-order valence-corrected chi connectivity index (χ1v) is 7.02. The van der Waals surface area contributed by atoms with Crippen LogP contribution in [0.5, 0.6) is 11.8 Å². The van der Waals surface area contributed by atoms with Gasteiger partial charge in [0.2, 0.25) is 0 Å². The Balaban J connectivity index is 2.18. The topological polar surface area (TPSA) is 47.0 Å². The molecule has 0 aliphatic carbocycles. The van der Waals surface area contributed by atoms with Gasteiger partial charge in [-0.05, 0) is 25.6 Å². The highest BCUT2D eigenvalue weighted by molar-refractivity contribution is 6.42. The molecule has 2 rings (SSSR count). The van der Waals surface area contributed by atoms with Crippen molar-refractivity contribution in [2.45, 2.75) is 20.4 Å². The van der Waals surface area contributed by atoms with Crippen LogP contribution in [0.25, 0.3) is 0 Å². The van der Waals surface area contributed by atoms with E-state index in [-0.39, 0.29) is 6.01 Å². The van der Waals surface area contributed by atoms with Gasteiger partial charge in [0.05, 0.1) is 5.02 Å². The van der Waals surface area contributed by atoms with E-state index in [0.29, 0.717) is 15.8 Å². The molecule has 0 bridgehead atoms. The van der Waals surface area contributed by atoms with Gasteiger partial charge < -0.3 is 10.1 Å². The highest BCUT2D eigenvalue weighted by Crippen LogP contribution is 2.33. The van der Waals surface area contributed by atoms with E-state index >= 15 is 0 Å². The minimum Gasteiger partial charge on any atom is -0.423 e. The molecular formula is C14H15Cl2N3O. The largest absolute Gasteiger partial charge is 0.423 e. The minimum absolute atomic E-state index is 0.256. The van der Waals surface area contributed by atoms with Crippen LogP contribution in [0.2, 0.25) is 10.0 Å². The van der Waals surface area contributed by atoms with Crippen molar-refractivity contribution in [1.82, 2.24) is 15.3 Å². The van der Waals surface area contributed by atoms with Crippen LogP contribution in [0.4, 0.5) is 0 Å². The van der Waals surface area contributed by atoms with Crippen LogP contribution >= 0.6 is 23.2 Å². The number of hydrogen-bond donors (Lipinski definition) is 1. The lowest BCUT2D eigenvalue weighted by Crippen LogP contribution is -2.13. The molecule has 0 amide bonds. The maximum absolute atomic E-state index is 6.06. The maximum Gasteiger partial charge on any atom is 0.322 e. The Kier molecular flexibility index (Phi) is 5.17. The molecule has 2 aromatic rings. The number of aryl methyl sites for hydroxylation is 1. The molecular weight excluding hydrogens is 297 g/mol. The summed E-state index contributed by atoms with van der Waals surface area (Å²) in [6.45, 7) is 5.60. The molecule has 4 nitrogen and oxygen atoms in total. The van der Waals surface area contributed by atoms with E-state index in [1.54, 1.807) is 24.4 Å². The summed E-state index contributed by atoms with van der Waals surface area (Å²) >= 11 is 12.0. The summed E-state index contributed by atoms with van der Waals surface area (Å²) in [5, 5.41) is 4.02. The first-order chi connectivity index (χ1) is 9.61. The average Bonchev–Trinajstić information content (AvgIpc) is 2.43. The van der Waals surface area contributed by atoms with Crippen molar-refractivity contribution in [3.8, 4) is 11.8 Å². The normalized spacial score (nSPS) is 10.6. The van der Waals surface area contributed by atoms with Crippen molar-refractivity contribution in [3.63, 3.8) is 0 Å². The van der Waals surface area contributed by atoms with Crippen LogP contribution in [-0.4, -0.2) is 16.5 Å². The van der Waals surface area contributed by atoms with Crippen LogP contribution in [0.15, 0.2) is 24.4 Å². The van der Waals surface area contributed by atoms with Gasteiger partial charge in [-0.15, -0.1) is 0 Å². The second-order valence-corrected chi connectivity index (χ2v) is 4.98. The number of benzene rings is 1. The summed E-state index contributed by atoms with van der Waals surface area (Å²) in [7, 11) is 0. The molecule has 0 spiro atoms. The molecule has 1 heterocycles. The lowest BCUT2D eigenvalue weighted by atomic mass is 10.2. The van der Waals surface area contributed by atoms with Gasteiger partial charge in [-0.2, -0.15) is 4.98 Å². The number of halogens is 2. The van der Waals surface area contributed by atoms with Crippen LogP contribution < -0.4 is 10.1 Å². The lowest BCUT2D eigenvalue weighted by molar-refractivity contribution is 0.439. The summed E-state index contributed by atoms with van der Waals surface area (Å²) in [6.07, 6.45) is 1.75. The van der Waals surface area contributed by atoms with Gasteiger partial charge >= 0.3 is 6.01 Å². The van der Waals surface area contributed by atoms with E-state index in [4.69, 9.17) is 27.9 Å². The van der Waals surface area contributed by atoms with E-state index < -0.39 is 0 Å². The zero-order valence-corrected chi connectivity index (χ0v) is 12.8. The Morgan fingerprint density at radius 2 is 2.10 bits per heavy atom. The van der Waals surface area contributed by atoms with Crippen molar-refractivity contribution >= 4 is 23.2 Å². The van der Waals surface area contributed by atoms with Crippen molar-refractivity contribution in [2.75, 3.05) is 6.54 Å². The van der Waals surface area contributed by atoms with E-state index in [1.165, 1.54) is 0 Å². The number of rotatable bonds is 5. The number of nitrogens with one attached hydrogen (secondary N) is 1.